The number of benzene rings is 2. The third kappa shape index (κ3) is 6.26. The predicted octanol–water partition coefficient (Wildman–Crippen LogP) is 7.70. The molecule has 0 nitrogen and oxygen atoms in total. The third-order valence-corrected chi connectivity index (χ3v) is 8.69. The summed E-state index contributed by atoms with van der Waals surface area (Å²) in [7, 11) is 0. The summed E-state index contributed by atoms with van der Waals surface area (Å²) in [5.41, 5.74) is 6.03. The first-order valence-corrected chi connectivity index (χ1v) is 12.5. The molecule has 1 fully saturated rings. The van der Waals surface area contributed by atoms with Gasteiger partial charge in [0.25, 0.3) is 0 Å². The molecule has 3 rings (SSSR count). The Bertz CT molecular complexity index is 748. The van der Waals surface area contributed by atoms with E-state index in [9.17, 15) is 0 Å². The van der Waals surface area contributed by atoms with Gasteiger partial charge in [-0.15, -0.1) is 0 Å². The zero-order chi connectivity index (χ0) is 19.6. The van der Waals surface area contributed by atoms with Crippen LogP contribution in [0.2, 0.25) is 0 Å². The second-order valence-electron chi connectivity index (χ2n) is 8.94. The minimum atomic E-state index is 0. The van der Waals surface area contributed by atoms with Gasteiger partial charge in [-0.2, -0.15) is 6.42 Å². The molecule has 0 aromatic heterocycles. The maximum Gasteiger partial charge on any atom is 0.0191 e. The van der Waals surface area contributed by atoms with Crippen molar-refractivity contribution in [1.29, 1.82) is 0 Å². The molecule has 1 aliphatic carbocycles. The molecule has 0 saturated heterocycles. The van der Waals surface area contributed by atoms with Crippen LogP contribution in [0.4, 0.5) is 0 Å². The van der Waals surface area contributed by atoms with Gasteiger partial charge < -0.3 is 6.92 Å². The smallest absolute Gasteiger partial charge is 0.0191 e. The van der Waals surface area contributed by atoms with E-state index in [0.717, 1.165) is 20.2 Å². The van der Waals surface area contributed by atoms with Gasteiger partial charge in [0.15, 0.2) is 0 Å². The van der Waals surface area contributed by atoms with Gasteiger partial charge in [0.1, 0.15) is 0 Å². The molecule has 2 unspecified atom stereocenters. The molecule has 1 aliphatic rings. The van der Waals surface area contributed by atoms with Crippen LogP contribution in [0.15, 0.2) is 48.5 Å². The van der Waals surface area contributed by atoms with Gasteiger partial charge in [-0.25, -0.2) is 0 Å². The topological polar surface area (TPSA) is 0 Å². The fraction of sp³-hybridized carbons (Fsp3) is 0.480. The Labute approximate surface area is 224 Å². The van der Waals surface area contributed by atoms with Crippen molar-refractivity contribution in [2.24, 2.45) is 5.92 Å². The molecular formula is C25H31I2Y-. The maximum absolute atomic E-state index is 4.01. The van der Waals surface area contributed by atoms with Gasteiger partial charge in [-0.3, -0.25) is 0 Å². The summed E-state index contributed by atoms with van der Waals surface area (Å²) in [5, 5.41) is 0. The minimum absolute atomic E-state index is 0. The summed E-state index contributed by atoms with van der Waals surface area (Å²) in [4.78, 5) is 0. The number of hydrogen-bond donors (Lipinski definition) is 0. The van der Waals surface area contributed by atoms with Crippen LogP contribution in [0.1, 0.15) is 61.8 Å². The molecule has 4 atom stereocenters. The first-order valence-electron chi connectivity index (χ1n) is 10.0. The molecule has 2 aromatic carbocycles. The fourth-order valence-electron chi connectivity index (χ4n) is 4.28. The van der Waals surface area contributed by atoms with Crippen LogP contribution < -0.4 is 0 Å². The first kappa shape index (κ1) is 25.3. The third-order valence-electron chi connectivity index (χ3n) is 5.98. The average Bonchev–Trinajstić information content (AvgIpc) is 2.93. The molecule has 0 bridgehead atoms. The Hall–Kier alpha value is 1.00. The van der Waals surface area contributed by atoms with Crippen LogP contribution >= 0.6 is 45.2 Å². The van der Waals surface area contributed by atoms with Crippen molar-refractivity contribution in [3.63, 3.8) is 0 Å². The molecule has 0 N–H and O–H groups in total. The molecule has 149 valence electrons. The zero-order valence-corrected chi connectivity index (χ0v) is 24.5. The van der Waals surface area contributed by atoms with Gasteiger partial charge in [-0.05, 0) is 53.2 Å². The van der Waals surface area contributed by atoms with Crippen molar-refractivity contribution in [3.8, 4) is 0 Å². The number of halogens is 2. The van der Waals surface area contributed by atoms with Gasteiger partial charge >= 0.3 is 0 Å². The predicted molar refractivity (Wildman–Crippen MR) is 135 cm³/mol. The molecule has 0 heterocycles. The molecule has 3 heteroatoms. The summed E-state index contributed by atoms with van der Waals surface area (Å²) < 4.78 is 1.51. The standard InChI is InChI=1S/C25H31I2.Y/c1-5-17-9-12-19(13-10-17)24-21(22(26)16-23(24)27)14-11-18-7-6-8-20(15-18)25(2,3)4;/h6-10,12-13,15,21-24H,1,5,11,14,16H2,2-4H3;/q-1;/t21-,22?,23?,24+;/m0./s1. The molecule has 0 spiro atoms. The number of aryl methyl sites for hydroxylation is 1. The summed E-state index contributed by atoms with van der Waals surface area (Å²) in [6.07, 6.45) is 4.67. The van der Waals surface area contributed by atoms with Crippen LogP contribution in [0.3, 0.4) is 0 Å². The number of rotatable bonds is 5. The van der Waals surface area contributed by atoms with E-state index in [2.05, 4.69) is 121 Å². The van der Waals surface area contributed by atoms with E-state index in [1.54, 1.807) is 0 Å². The van der Waals surface area contributed by atoms with Gasteiger partial charge in [0.05, 0.1) is 0 Å². The van der Waals surface area contributed by atoms with Crippen LogP contribution in [0.25, 0.3) is 0 Å². The van der Waals surface area contributed by atoms with Gasteiger partial charge in [0.2, 0.25) is 0 Å². The molecular weight excluding hydrogens is 643 g/mol. The molecule has 2 aromatic rings. The second kappa shape index (κ2) is 11.0. The van der Waals surface area contributed by atoms with Crippen molar-refractivity contribution in [2.45, 2.75) is 65.6 Å². The average molecular weight is 674 g/mol. The Morgan fingerprint density at radius 3 is 2.25 bits per heavy atom. The van der Waals surface area contributed by atoms with Crippen LogP contribution in [-0.4, -0.2) is 7.85 Å². The van der Waals surface area contributed by atoms with Gasteiger partial charge in [0, 0.05) is 40.6 Å². The monoisotopic (exact) mass is 674 g/mol. The van der Waals surface area contributed by atoms with E-state index in [0.29, 0.717) is 5.92 Å². The van der Waals surface area contributed by atoms with Crippen LogP contribution in [0, 0.1) is 12.8 Å². The number of alkyl halides is 2. The molecule has 0 amide bonds. The second-order valence-corrected chi connectivity index (χ2v) is 12.1. The molecule has 0 aliphatic heterocycles. The summed E-state index contributed by atoms with van der Waals surface area (Å²) in [6, 6.07) is 18.5. The van der Waals surface area contributed by atoms with Crippen molar-refractivity contribution in [2.75, 3.05) is 0 Å². The van der Waals surface area contributed by atoms with E-state index in [4.69, 9.17) is 0 Å². The van der Waals surface area contributed by atoms with Crippen LogP contribution in [0.5, 0.6) is 0 Å². The van der Waals surface area contributed by atoms with Gasteiger partial charge in [-0.1, -0.05) is 120 Å². The Kier molecular flexibility index (Phi) is 9.96. The quantitative estimate of drug-likeness (QED) is 0.173. The summed E-state index contributed by atoms with van der Waals surface area (Å²) in [5.74, 6) is 1.44. The van der Waals surface area contributed by atoms with E-state index >= 15 is 0 Å². The Morgan fingerprint density at radius 2 is 1.64 bits per heavy atom. The number of hydrogen-bond acceptors (Lipinski definition) is 0. The van der Waals surface area contributed by atoms with Crippen LogP contribution in [-0.2, 0) is 51.0 Å². The Morgan fingerprint density at radius 1 is 0.964 bits per heavy atom. The van der Waals surface area contributed by atoms with E-state index in [1.165, 1.54) is 41.5 Å². The maximum atomic E-state index is 4.01. The van der Waals surface area contributed by atoms with Crippen molar-refractivity contribution >= 4 is 45.2 Å². The van der Waals surface area contributed by atoms with E-state index in [1.807, 2.05) is 0 Å². The van der Waals surface area contributed by atoms with E-state index in [-0.39, 0.29) is 38.1 Å². The largest absolute Gasteiger partial charge is 0.339 e. The zero-order valence-electron chi connectivity index (χ0n) is 17.3. The minimum Gasteiger partial charge on any atom is -0.339 e. The summed E-state index contributed by atoms with van der Waals surface area (Å²) in [6.45, 7) is 10.9. The normalized spacial score (nSPS) is 24.8. The van der Waals surface area contributed by atoms with Crippen molar-refractivity contribution < 1.29 is 32.7 Å². The molecule has 28 heavy (non-hydrogen) atoms. The summed E-state index contributed by atoms with van der Waals surface area (Å²) >= 11 is 5.41. The Balaban J connectivity index is 0.00000280. The molecule has 1 saturated carbocycles. The van der Waals surface area contributed by atoms with E-state index < -0.39 is 0 Å². The van der Waals surface area contributed by atoms with Crippen molar-refractivity contribution in [3.05, 3.63) is 77.7 Å². The van der Waals surface area contributed by atoms with Crippen molar-refractivity contribution in [1.82, 2.24) is 0 Å². The molecule has 1 radical (unpaired) electrons. The fourth-order valence-corrected chi connectivity index (χ4v) is 8.10. The SMILES string of the molecule is [CH2-]Cc1ccc([C@H]2C(I)CC(I)[C@@H]2CCc2cccc(C(C)(C)C)c2)cc1.[Y]. The first-order chi connectivity index (χ1) is 12.8.